The summed E-state index contributed by atoms with van der Waals surface area (Å²) in [6.07, 6.45) is 0.536. The normalized spacial score (nSPS) is 11.7. The number of sulfonamides is 1. The van der Waals surface area contributed by atoms with Crippen molar-refractivity contribution in [1.29, 1.82) is 0 Å². The first kappa shape index (κ1) is 15.0. The van der Waals surface area contributed by atoms with Crippen LogP contribution in [0.25, 0.3) is 0 Å². The third-order valence-electron chi connectivity index (χ3n) is 2.13. The van der Waals surface area contributed by atoms with Gasteiger partial charge in [-0.25, -0.2) is 17.5 Å². The van der Waals surface area contributed by atoms with Crippen LogP contribution in [0, 0.1) is 5.82 Å². The highest BCUT2D eigenvalue weighted by molar-refractivity contribution is 7.89. The molecule has 0 bridgehead atoms. The van der Waals surface area contributed by atoms with E-state index in [4.69, 9.17) is 10.5 Å². The Labute approximate surface area is 106 Å². The van der Waals surface area contributed by atoms with Crippen molar-refractivity contribution in [1.82, 2.24) is 4.72 Å². The van der Waals surface area contributed by atoms with Crippen LogP contribution in [0.5, 0.6) is 0 Å². The summed E-state index contributed by atoms with van der Waals surface area (Å²) in [4.78, 5) is -0.0784. The Hall–Kier alpha value is -1.02. The van der Waals surface area contributed by atoms with Crippen LogP contribution < -0.4 is 10.5 Å². The molecule has 0 saturated heterocycles. The summed E-state index contributed by atoms with van der Waals surface area (Å²) in [5.74, 6) is -0.579. The molecule has 5 nitrogen and oxygen atoms in total. The van der Waals surface area contributed by atoms with Crippen LogP contribution in [-0.4, -0.2) is 34.7 Å². The van der Waals surface area contributed by atoms with Crippen molar-refractivity contribution >= 4 is 10.0 Å². The van der Waals surface area contributed by atoms with Crippen LogP contribution in [0.3, 0.4) is 0 Å². The molecule has 0 atom stereocenters. The predicted molar refractivity (Wildman–Crippen MR) is 66.1 cm³/mol. The molecule has 0 spiro atoms. The second kappa shape index (κ2) is 7.42. The van der Waals surface area contributed by atoms with E-state index in [9.17, 15) is 12.8 Å². The summed E-state index contributed by atoms with van der Waals surface area (Å²) in [5, 5.41) is 0. The number of benzene rings is 1. The Morgan fingerprint density at radius 3 is 2.78 bits per heavy atom. The number of hydrogen-bond acceptors (Lipinski definition) is 4. The molecule has 1 aromatic carbocycles. The number of nitrogens with one attached hydrogen (secondary N) is 1. The quantitative estimate of drug-likeness (QED) is 0.676. The Morgan fingerprint density at radius 1 is 1.33 bits per heavy atom. The molecule has 0 aliphatic heterocycles. The molecule has 0 fully saturated rings. The molecule has 1 rings (SSSR count). The van der Waals surface area contributed by atoms with Crippen LogP contribution in [0.4, 0.5) is 4.39 Å². The van der Waals surface area contributed by atoms with Crippen molar-refractivity contribution in [3.05, 3.63) is 30.1 Å². The molecule has 0 radical (unpaired) electrons. The summed E-state index contributed by atoms with van der Waals surface area (Å²) >= 11 is 0. The van der Waals surface area contributed by atoms with Crippen molar-refractivity contribution in [2.24, 2.45) is 5.73 Å². The highest BCUT2D eigenvalue weighted by atomic mass is 32.2. The number of halogens is 1. The van der Waals surface area contributed by atoms with Gasteiger partial charge in [0.2, 0.25) is 10.0 Å². The van der Waals surface area contributed by atoms with Gasteiger partial charge >= 0.3 is 0 Å². The van der Waals surface area contributed by atoms with Gasteiger partial charge in [0.15, 0.2) is 0 Å². The number of nitrogens with two attached hydrogens (primary N) is 1. The lowest BCUT2D eigenvalue weighted by molar-refractivity contribution is 0.140. The molecular formula is C11H17FN2O3S. The van der Waals surface area contributed by atoms with Gasteiger partial charge in [0.05, 0.1) is 11.5 Å². The van der Waals surface area contributed by atoms with Gasteiger partial charge < -0.3 is 10.5 Å². The Kier molecular flexibility index (Phi) is 6.20. The predicted octanol–water partition coefficient (Wildman–Crippen LogP) is 0.469. The minimum absolute atomic E-state index is 0.0784. The molecule has 0 unspecified atom stereocenters. The van der Waals surface area contributed by atoms with Crippen molar-refractivity contribution in [3.63, 3.8) is 0 Å². The maximum atomic E-state index is 12.9. The molecule has 0 heterocycles. The minimum Gasteiger partial charge on any atom is -0.380 e. The van der Waals surface area contributed by atoms with Gasteiger partial charge in [0.25, 0.3) is 0 Å². The molecule has 0 amide bonds. The summed E-state index contributed by atoms with van der Waals surface area (Å²) in [6.45, 7) is 1.57. The smallest absolute Gasteiger partial charge is 0.240 e. The molecule has 102 valence electrons. The Bertz CT molecular complexity index is 465. The molecule has 7 heteroatoms. The van der Waals surface area contributed by atoms with E-state index in [1.165, 1.54) is 18.2 Å². The van der Waals surface area contributed by atoms with E-state index in [1.54, 1.807) is 0 Å². The van der Waals surface area contributed by atoms with Crippen LogP contribution >= 0.6 is 0 Å². The summed E-state index contributed by atoms with van der Waals surface area (Å²) in [6, 6.07) is 4.87. The minimum atomic E-state index is -3.65. The zero-order valence-corrected chi connectivity index (χ0v) is 10.7. The van der Waals surface area contributed by atoms with Gasteiger partial charge in [-0.05, 0) is 24.6 Å². The molecule has 1 aromatic rings. The molecule has 3 N–H and O–H groups in total. The number of rotatable bonds is 8. The third kappa shape index (κ3) is 5.09. The molecular weight excluding hydrogens is 259 g/mol. The van der Waals surface area contributed by atoms with Crippen molar-refractivity contribution < 1.29 is 17.5 Å². The van der Waals surface area contributed by atoms with Gasteiger partial charge in [-0.15, -0.1) is 0 Å². The second-order valence-corrected chi connectivity index (χ2v) is 5.38. The van der Waals surface area contributed by atoms with Gasteiger partial charge in [0, 0.05) is 19.7 Å². The largest absolute Gasteiger partial charge is 0.380 e. The maximum Gasteiger partial charge on any atom is 0.240 e. The lowest BCUT2D eigenvalue weighted by atomic mass is 10.4. The molecule has 0 aliphatic carbocycles. The van der Waals surface area contributed by atoms with E-state index >= 15 is 0 Å². The van der Waals surface area contributed by atoms with E-state index in [0.717, 1.165) is 6.07 Å². The van der Waals surface area contributed by atoms with Crippen molar-refractivity contribution in [2.45, 2.75) is 11.3 Å². The first-order chi connectivity index (χ1) is 8.56. The van der Waals surface area contributed by atoms with Crippen LogP contribution in [0.15, 0.2) is 29.2 Å². The Balaban J connectivity index is 2.41. The average Bonchev–Trinajstić information content (AvgIpc) is 2.33. The Morgan fingerprint density at radius 2 is 2.11 bits per heavy atom. The standard InChI is InChI=1S/C11H17FN2O3S/c12-10-3-1-4-11(9-10)18(15,16)14-6-2-7-17-8-5-13/h1,3-4,9,14H,2,5-8,13H2. The van der Waals surface area contributed by atoms with Crippen LogP contribution in [0.2, 0.25) is 0 Å². The van der Waals surface area contributed by atoms with Crippen molar-refractivity contribution in [3.8, 4) is 0 Å². The fraction of sp³-hybridized carbons (Fsp3) is 0.455. The third-order valence-corrected chi connectivity index (χ3v) is 3.58. The fourth-order valence-electron chi connectivity index (χ4n) is 1.28. The van der Waals surface area contributed by atoms with Crippen LogP contribution in [-0.2, 0) is 14.8 Å². The SMILES string of the molecule is NCCOCCCNS(=O)(=O)c1cccc(F)c1. The number of hydrogen-bond donors (Lipinski definition) is 2. The summed E-state index contributed by atoms with van der Waals surface area (Å²) < 4.78 is 43.8. The monoisotopic (exact) mass is 276 g/mol. The van der Waals surface area contributed by atoms with E-state index in [0.29, 0.717) is 26.2 Å². The molecule has 0 aromatic heterocycles. The van der Waals surface area contributed by atoms with E-state index in [-0.39, 0.29) is 11.4 Å². The molecule has 0 aliphatic rings. The second-order valence-electron chi connectivity index (χ2n) is 3.61. The fourth-order valence-corrected chi connectivity index (χ4v) is 2.39. The number of ether oxygens (including phenoxy) is 1. The van der Waals surface area contributed by atoms with E-state index < -0.39 is 15.8 Å². The topological polar surface area (TPSA) is 81.4 Å². The lowest BCUT2D eigenvalue weighted by Gasteiger charge is -2.07. The zero-order chi connectivity index (χ0) is 13.4. The van der Waals surface area contributed by atoms with E-state index in [1.807, 2.05) is 0 Å². The van der Waals surface area contributed by atoms with E-state index in [2.05, 4.69) is 4.72 Å². The van der Waals surface area contributed by atoms with Crippen LogP contribution in [0.1, 0.15) is 6.42 Å². The summed E-state index contributed by atoms with van der Waals surface area (Å²) in [5.41, 5.74) is 5.23. The van der Waals surface area contributed by atoms with Gasteiger partial charge in [-0.3, -0.25) is 0 Å². The zero-order valence-electron chi connectivity index (χ0n) is 9.93. The first-order valence-corrected chi connectivity index (χ1v) is 7.07. The average molecular weight is 276 g/mol. The summed E-state index contributed by atoms with van der Waals surface area (Å²) in [7, 11) is -3.65. The lowest BCUT2D eigenvalue weighted by Crippen LogP contribution is -2.25. The first-order valence-electron chi connectivity index (χ1n) is 5.59. The van der Waals surface area contributed by atoms with Gasteiger partial charge in [-0.2, -0.15) is 0 Å². The highest BCUT2D eigenvalue weighted by Gasteiger charge is 2.13. The van der Waals surface area contributed by atoms with Gasteiger partial charge in [-0.1, -0.05) is 6.07 Å². The maximum absolute atomic E-state index is 12.9. The molecule has 0 saturated carbocycles. The van der Waals surface area contributed by atoms with Crippen molar-refractivity contribution in [2.75, 3.05) is 26.3 Å². The molecule has 18 heavy (non-hydrogen) atoms. The van der Waals surface area contributed by atoms with Gasteiger partial charge in [0.1, 0.15) is 5.82 Å². The highest BCUT2D eigenvalue weighted by Crippen LogP contribution is 2.09.